The Hall–Kier alpha value is -1.42. The summed E-state index contributed by atoms with van der Waals surface area (Å²) in [4.78, 5) is 3.18. The second kappa shape index (κ2) is 3.38. The lowest BCUT2D eigenvalue weighted by molar-refractivity contribution is 0.512. The number of H-pyrrole nitrogens is 1. The Bertz CT molecular complexity index is 515. The van der Waals surface area contributed by atoms with Crippen LogP contribution in [0.3, 0.4) is 0 Å². The van der Waals surface area contributed by atoms with Gasteiger partial charge in [-0.3, -0.25) is 0 Å². The molecule has 0 bridgehead atoms. The van der Waals surface area contributed by atoms with Gasteiger partial charge in [-0.05, 0) is 31.3 Å². The van der Waals surface area contributed by atoms with Gasteiger partial charge in [0, 0.05) is 5.56 Å². The Morgan fingerprint density at radius 3 is 2.79 bits per heavy atom. The molecule has 1 aromatic carbocycles. The highest BCUT2D eigenvalue weighted by Crippen LogP contribution is 2.22. The fourth-order valence-electron chi connectivity index (χ4n) is 1.33. The van der Waals surface area contributed by atoms with Gasteiger partial charge in [0.25, 0.3) is 4.84 Å². The van der Waals surface area contributed by atoms with Gasteiger partial charge < -0.3 is 9.40 Å². The quantitative estimate of drug-likeness (QED) is 0.729. The molecule has 0 spiro atoms. The molecule has 1 heterocycles. The molecule has 2 nitrogen and oxygen atoms in total. The Morgan fingerprint density at radius 2 is 2.21 bits per heavy atom. The predicted octanol–water partition coefficient (Wildman–Crippen LogP) is 3.45. The Kier molecular flexibility index (Phi) is 2.21. The van der Waals surface area contributed by atoms with Crippen LogP contribution in [0.5, 0.6) is 0 Å². The van der Waals surface area contributed by atoms with Crippen molar-refractivity contribution in [2.24, 2.45) is 0 Å². The van der Waals surface area contributed by atoms with Crippen molar-refractivity contribution in [1.82, 2.24) is 4.98 Å². The summed E-state index contributed by atoms with van der Waals surface area (Å²) in [6, 6.07) is 6.27. The van der Waals surface area contributed by atoms with E-state index < -0.39 is 0 Å². The van der Waals surface area contributed by atoms with Gasteiger partial charge in [0.2, 0.25) is 0 Å². The molecule has 0 aliphatic carbocycles. The molecule has 72 valence electrons. The van der Waals surface area contributed by atoms with E-state index in [2.05, 4.69) is 4.98 Å². The maximum atomic E-state index is 12.9. The first-order valence-electron chi connectivity index (χ1n) is 4.12. The molecule has 14 heavy (non-hydrogen) atoms. The number of hydrogen-bond donors (Lipinski definition) is 1. The average molecular weight is 209 g/mol. The lowest BCUT2D eigenvalue weighted by Crippen LogP contribution is -1.81. The van der Waals surface area contributed by atoms with Crippen LogP contribution in [0, 0.1) is 17.6 Å². The fourth-order valence-corrected chi connectivity index (χ4v) is 1.55. The summed E-state index contributed by atoms with van der Waals surface area (Å²) in [5.41, 5.74) is 1.47. The summed E-state index contributed by atoms with van der Waals surface area (Å²) >= 11 is 4.84. The highest BCUT2D eigenvalue weighted by Gasteiger charge is 2.06. The highest BCUT2D eigenvalue weighted by molar-refractivity contribution is 7.71. The molecule has 0 unspecified atom stereocenters. The van der Waals surface area contributed by atoms with Crippen LogP contribution in [0.2, 0.25) is 0 Å². The van der Waals surface area contributed by atoms with Crippen LogP contribution in [0.25, 0.3) is 11.3 Å². The first-order chi connectivity index (χ1) is 6.66. The van der Waals surface area contributed by atoms with Gasteiger partial charge >= 0.3 is 0 Å². The van der Waals surface area contributed by atoms with Gasteiger partial charge in [0.1, 0.15) is 11.6 Å². The molecular formula is C10H8FNOS. The van der Waals surface area contributed by atoms with Crippen molar-refractivity contribution in [2.45, 2.75) is 6.92 Å². The summed E-state index contributed by atoms with van der Waals surface area (Å²) in [6.45, 7) is 1.78. The molecular weight excluding hydrogens is 201 g/mol. The molecule has 2 aromatic rings. The lowest BCUT2D eigenvalue weighted by Gasteiger charge is -1.97. The topological polar surface area (TPSA) is 28.9 Å². The molecule has 1 N–H and O–H groups in total. The number of aryl methyl sites for hydroxylation is 1. The van der Waals surface area contributed by atoms with Crippen molar-refractivity contribution in [3.8, 4) is 11.3 Å². The van der Waals surface area contributed by atoms with E-state index in [1.165, 1.54) is 12.1 Å². The largest absolute Gasteiger partial charge is 0.434 e. The number of oxazole rings is 1. The number of rotatable bonds is 1. The van der Waals surface area contributed by atoms with Gasteiger partial charge in [0.05, 0.1) is 5.69 Å². The third kappa shape index (κ3) is 1.61. The van der Waals surface area contributed by atoms with Crippen LogP contribution in [0.15, 0.2) is 28.7 Å². The summed E-state index contributed by atoms with van der Waals surface area (Å²) in [6.07, 6.45) is 0. The van der Waals surface area contributed by atoms with E-state index in [1.807, 2.05) is 0 Å². The first-order valence-corrected chi connectivity index (χ1v) is 4.53. The number of nitrogens with one attached hydrogen (secondary N) is 1. The molecule has 2 rings (SSSR count). The van der Waals surface area contributed by atoms with Gasteiger partial charge in [-0.25, -0.2) is 4.39 Å². The Balaban J connectivity index is 2.59. The third-order valence-electron chi connectivity index (χ3n) is 1.94. The first kappa shape index (κ1) is 9.15. The number of halogens is 1. The second-order valence-electron chi connectivity index (χ2n) is 2.96. The van der Waals surface area contributed by atoms with Crippen molar-refractivity contribution in [3.63, 3.8) is 0 Å². The Morgan fingerprint density at radius 1 is 1.43 bits per heavy atom. The van der Waals surface area contributed by atoms with Crippen LogP contribution in [0.4, 0.5) is 4.39 Å². The zero-order valence-corrected chi connectivity index (χ0v) is 8.32. The lowest BCUT2D eigenvalue weighted by atomic mass is 10.1. The van der Waals surface area contributed by atoms with Crippen molar-refractivity contribution in [3.05, 3.63) is 40.7 Å². The van der Waals surface area contributed by atoms with Crippen molar-refractivity contribution in [1.29, 1.82) is 0 Å². The van der Waals surface area contributed by atoms with Gasteiger partial charge in [-0.2, -0.15) is 0 Å². The smallest absolute Gasteiger partial charge is 0.266 e. The maximum Gasteiger partial charge on any atom is 0.266 e. The van der Waals surface area contributed by atoms with Crippen LogP contribution >= 0.6 is 12.2 Å². The fraction of sp³-hybridized carbons (Fsp3) is 0.100. The van der Waals surface area contributed by atoms with Crippen molar-refractivity contribution in [2.75, 3.05) is 0 Å². The van der Waals surface area contributed by atoms with E-state index in [9.17, 15) is 4.39 Å². The molecule has 0 fully saturated rings. The molecule has 0 amide bonds. The molecule has 0 aliphatic rings. The molecule has 4 heteroatoms. The van der Waals surface area contributed by atoms with Crippen LogP contribution in [0.1, 0.15) is 5.76 Å². The minimum Gasteiger partial charge on any atom is -0.434 e. The zero-order valence-electron chi connectivity index (χ0n) is 7.50. The minimum atomic E-state index is -0.276. The molecule has 0 radical (unpaired) electrons. The molecule has 0 saturated carbocycles. The van der Waals surface area contributed by atoms with Crippen molar-refractivity contribution < 1.29 is 8.81 Å². The van der Waals surface area contributed by atoms with Gasteiger partial charge in [-0.1, -0.05) is 12.1 Å². The summed E-state index contributed by atoms with van der Waals surface area (Å²) < 4.78 is 18.1. The second-order valence-corrected chi connectivity index (χ2v) is 3.33. The maximum absolute atomic E-state index is 12.9. The van der Waals surface area contributed by atoms with E-state index in [0.717, 1.165) is 11.3 Å². The predicted molar refractivity (Wildman–Crippen MR) is 54.0 cm³/mol. The van der Waals surface area contributed by atoms with Crippen LogP contribution in [-0.4, -0.2) is 4.98 Å². The van der Waals surface area contributed by atoms with E-state index in [0.29, 0.717) is 10.6 Å². The van der Waals surface area contributed by atoms with E-state index in [1.54, 1.807) is 19.1 Å². The van der Waals surface area contributed by atoms with E-state index >= 15 is 0 Å². The number of hydrogen-bond acceptors (Lipinski definition) is 2. The number of aromatic nitrogens is 1. The molecule has 1 aromatic heterocycles. The Labute approximate surface area is 85.4 Å². The van der Waals surface area contributed by atoms with E-state index in [4.69, 9.17) is 16.6 Å². The van der Waals surface area contributed by atoms with E-state index in [-0.39, 0.29) is 5.82 Å². The SMILES string of the molecule is Cc1oc(=S)[nH]c1-c1cccc(F)c1. The summed E-state index contributed by atoms with van der Waals surface area (Å²) in [5, 5.41) is 0. The number of aromatic amines is 1. The molecule has 0 saturated heterocycles. The van der Waals surface area contributed by atoms with Gasteiger partial charge in [0.15, 0.2) is 0 Å². The van der Waals surface area contributed by atoms with Crippen molar-refractivity contribution >= 4 is 12.2 Å². The monoisotopic (exact) mass is 209 g/mol. The highest BCUT2D eigenvalue weighted by atomic mass is 32.1. The molecule has 0 aliphatic heterocycles. The zero-order chi connectivity index (χ0) is 10.1. The molecule has 0 atom stereocenters. The van der Waals surface area contributed by atoms with Gasteiger partial charge in [-0.15, -0.1) is 0 Å². The standard InChI is InChI=1S/C10H8FNOS/c1-6-9(12-10(14)13-6)7-3-2-4-8(11)5-7/h2-5H,1H3,(H,12,14). The minimum absolute atomic E-state index is 0.276. The van der Waals surface area contributed by atoms with Crippen LogP contribution < -0.4 is 0 Å². The third-order valence-corrected chi connectivity index (χ3v) is 2.12. The normalized spacial score (nSPS) is 10.4. The number of benzene rings is 1. The summed E-state index contributed by atoms with van der Waals surface area (Å²) in [7, 11) is 0. The van der Waals surface area contributed by atoms with Crippen LogP contribution in [-0.2, 0) is 0 Å². The summed E-state index contributed by atoms with van der Waals surface area (Å²) in [5.74, 6) is 0.392. The average Bonchev–Trinajstić information content (AvgIpc) is 2.45.